The lowest BCUT2D eigenvalue weighted by Gasteiger charge is -2.37. The van der Waals surface area contributed by atoms with E-state index in [2.05, 4.69) is 0 Å². The highest BCUT2D eigenvalue weighted by atomic mass is 35.7. The van der Waals surface area contributed by atoms with Gasteiger partial charge in [-0.1, -0.05) is 0 Å². The van der Waals surface area contributed by atoms with E-state index in [0.717, 1.165) is 0 Å². The van der Waals surface area contributed by atoms with Gasteiger partial charge in [0.25, 0.3) is 9.05 Å². The van der Waals surface area contributed by atoms with E-state index in [0.29, 0.717) is 18.2 Å². The van der Waals surface area contributed by atoms with Gasteiger partial charge in [-0.15, -0.1) is 0 Å². The molecule has 14 heteroatoms. The summed E-state index contributed by atoms with van der Waals surface area (Å²) in [5, 5.41) is 0. The highest BCUT2D eigenvalue weighted by Gasteiger charge is 2.48. The Hall–Kier alpha value is -2.02. The van der Waals surface area contributed by atoms with Crippen molar-refractivity contribution in [3.05, 3.63) is 18.2 Å². The van der Waals surface area contributed by atoms with Gasteiger partial charge in [-0.05, 0) is 18.2 Å². The van der Waals surface area contributed by atoms with Crippen molar-refractivity contribution in [3.8, 4) is 0 Å². The van der Waals surface area contributed by atoms with Crippen LogP contribution in [0.3, 0.4) is 0 Å². The van der Waals surface area contributed by atoms with Gasteiger partial charge in [0, 0.05) is 23.8 Å². The topological polar surface area (TPSA) is 74.8 Å². The van der Waals surface area contributed by atoms with Crippen LogP contribution in [0.25, 0.3) is 0 Å². The smallest absolute Gasteiger partial charge is 0.301 e. The summed E-state index contributed by atoms with van der Waals surface area (Å²) >= 11 is 0. The second-order valence-corrected chi connectivity index (χ2v) is 7.56. The number of hydrogen-bond donors (Lipinski definition) is 0. The number of halogens is 7. The third-order valence-electron chi connectivity index (χ3n) is 3.33. The minimum atomic E-state index is -5.37. The molecule has 0 N–H and O–H groups in total. The lowest BCUT2D eigenvalue weighted by atomic mass is 10.1. The van der Waals surface area contributed by atoms with Crippen LogP contribution in [0.15, 0.2) is 23.1 Å². The Bertz CT molecular complexity index is 867. The number of fused-ring (bicyclic) bond motifs is 1. The van der Waals surface area contributed by atoms with Crippen LogP contribution in [0.4, 0.5) is 37.7 Å². The molecular formula is C12H7ClF6N2O4S. The zero-order valence-electron chi connectivity index (χ0n) is 12.2. The maximum absolute atomic E-state index is 12.7. The van der Waals surface area contributed by atoms with Gasteiger partial charge in [0.1, 0.15) is 0 Å². The fourth-order valence-electron chi connectivity index (χ4n) is 2.27. The normalized spacial score (nSPS) is 15.7. The summed E-state index contributed by atoms with van der Waals surface area (Å²) in [6, 6.07) is 1.88. The number of rotatable bonds is 1. The summed E-state index contributed by atoms with van der Waals surface area (Å²) in [4.78, 5) is 22.4. The fraction of sp³-hybridized carbons (Fsp3) is 0.333. The van der Waals surface area contributed by atoms with Gasteiger partial charge < -0.3 is 9.80 Å². The molecule has 0 aromatic heterocycles. The Balaban J connectivity index is 2.65. The molecule has 26 heavy (non-hydrogen) atoms. The van der Waals surface area contributed by atoms with Gasteiger partial charge in [-0.2, -0.15) is 26.3 Å². The van der Waals surface area contributed by atoms with E-state index in [9.17, 15) is 44.3 Å². The molecule has 2 amide bonds. The van der Waals surface area contributed by atoms with Gasteiger partial charge in [0.15, 0.2) is 0 Å². The first-order valence-corrected chi connectivity index (χ1v) is 8.81. The minimum absolute atomic E-state index is 0.0427. The molecule has 1 aromatic carbocycles. The number of alkyl halides is 6. The summed E-state index contributed by atoms with van der Waals surface area (Å²) < 4.78 is 98.8. The van der Waals surface area contributed by atoms with Crippen LogP contribution in [0.2, 0.25) is 0 Å². The molecule has 1 heterocycles. The molecule has 0 aliphatic carbocycles. The third kappa shape index (κ3) is 3.87. The lowest BCUT2D eigenvalue weighted by Crippen LogP contribution is -2.52. The molecule has 144 valence electrons. The molecular weight excluding hydrogens is 418 g/mol. The second kappa shape index (κ2) is 6.30. The number of anilines is 2. The van der Waals surface area contributed by atoms with E-state index < -0.39 is 62.6 Å². The highest BCUT2D eigenvalue weighted by Crippen LogP contribution is 2.39. The number of nitrogens with zero attached hydrogens (tertiary/aromatic N) is 2. The van der Waals surface area contributed by atoms with E-state index >= 15 is 0 Å². The average molecular weight is 425 g/mol. The van der Waals surface area contributed by atoms with Gasteiger partial charge in [-0.25, -0.2) is 8.42 Å². The van der Waals surface area contributed by atoms with Crippen molar-refractivity contribution in [3.63, 3.8) is 0 Å². The average Bonchev–Trinajstić information content (AvgIpc) is 2.49. The number of amides is 2. The molecule has 0 unspecified atom stereocenters. The van der Waals surface area contributed by atoms with Crippen molar-refractivity contribution in [2.45, 2.75) is 17.2 Å². The van der Waals surface area contributed by atoms with Gasteiger partial charge >= 0.3 is 24.2 Å². The summed E-state index contributed by atoms with van der Waals surface area (Å²) in [5.41, 5.74) is -1.54. The van der Waals surface area contributed by atoms with Crippen molar-refractivity contribution in [2.75, 3.05) is 22.9 Å². The minimum Gasteiger partial charge on any atom is -0.301 e. The number of carbonyl (C=O) groups excluding carboxylic acids is 2. The molecule has 0 radical (unpaired) electrons. The van der Waals surface area contributed by atoms with Crippen LogP contribution >= 0.6 is 10.7 Å². The van der Waals surface area contributed by atoms with Crippen molar-refractivity contribution >= 4 is 42.9 Å². The highest BCUT2D eigenvalue weighted by molar-refractivity contribution is 8.13. The SMILES string of the molecule is O=C(N1CCN(C(=O)C(F)(F)F)c2cc(S(=O)(=O)Cl)ccc21)C(F)(F)F. The zero-order chi connectivity index (χ0) is 20.1. The molecule has 0 bridgehead atoms. The van der Waals surface area contributed by atoms with E-state index in [4.69, 9.17) is 10.7 Å². The molecule has 1 aromatic rings. The first kappa shape index (κ1) is 20.3. The number of carbonyl (C=O) groups is 2. The summed E-state index contributed by atoms with van der Waals surface area (Å²) in [5.74, 6) is -4.80. The van der Waals surface area contributed by atoms with Crippen LogP contribution < -0.4 is 9.80 Å². The number of hydrogen-bond acceptors (Lipinski definition) is 4. The van der Waals surface area contributed by atoms with E-state index in [1.165, 1.54) is 0 Å². The number of benzene rings is 1. The molecule has 1 aliphatic heterocycles. The maximum atomic E-state index is 12.7. The first-order chi connectivity index (χ1) is 11.6. The molecule has 0 spiro atoms. The van der Waals surface area contributed by atoms with Crippen LogP contribution in [0.1, 0.15) is 0 Å². The Morgan fingerprint density at radius 2 is 1.31 bits per heavy atom. The summed E-state index contributed by atoms with van der Waals surface area (Å²) in [6.45, 7) is -1.81. The van der Waals surface area contributed by atoms with Crippen LogP contribution in [0, 0.1) is 0 Å². The summed E-state index contributed by atoms with van der Waals surface area (Å²) in [6.07, 6.45) is -10.7. The Labute approximate surface area is 146 Å². The van der Waals surface area contributed by atoms with Crippen molar-refractivity contribution in [1.82, 2.24) is 0 Å². The molecule has 0 saturated carbocycles. The van der Waals surface area contributed by atoms with Crippen molar-refractivity contribution < 1.29 is 44.3 Å². The molecule has 0 saturated heterocycles. The Morgan fingerprint density at radius 1 is 0.885 bits per heavy atom. The van der Waals surface area contributed by atoms with Crippen LogP contribution in [-0.4, -0.2) is 45.7 Å². The van der Waals surface area contributed by atoms with Gasteiger partial charge in [0.05, 0.1) is 16.3 Å². The molecule has 6 nitrogen and oxygen atoms in total. The van der Waals surface area contributed by atoms with Gasteiger partial charge in [0.2, 0.25) is 0 Å². The standard InChI is InChI=1S/C12H7ClF6N2O4S/c13-26(24,25)6-1-2-7-8(5-6)21(10(23)12(17,18)19)4-3-20(7)9(22)11(14,15)16/h1-2,5H,3-4H2. The maximum Gasteiger partial charge on any atom is 0.471 e. The van der Waals surface area contributed by atoms with Gasteiger partial charge in [-0.3, -0.25) is 9.59 Å². The third-order valence-corrected chi connectivity index (χ3v) is 4.68. The molecule has 2 rings (SSSR count). The van der Waals surface area contributed by atoms with Crippen molar-refractivity contribution in [1.29, 1.82) is 0 Å². The van der Waals surface area contributed by atoms with E-state index in [-0.39, 0.29) is 9.80 Å². The molecule has 0 fully saturated rings. The predicted octanol–water partition coefficient (Wildman–Crippen LogP) is 2.42. The predicted molar refractivity (Wildman–Crippen MR) is 76.3 cm³/mol. The first-order valence-electron chi connectivity index (χ1n) is 6.50. The Morgan fingerprint density at radius 3 is 1.69 bits per heavy atom. The second-order valence-electron chi connectivity index (χ2n) is 5.00. The molecule has 0 atom stereocenters. The van der Waals surface area contributed by atoms with Crippen LogP contribution in [0.5, 0.6) is 0 Å². The monoisotopic (exact) mass is 424 g/mol. The van der Waals surface area contributed by atoms with Crippen molar-refractivity contribution in [2.24, 2.45) is 0 Å². The van der Waals surface area contributed by atoms with Crippen LogP contribution in [-0.2, 0) is 18.6 Å². The largest absolute Gasteiger partial charge is 0.471 e. The van der Waals surface area contributed by atoms with E-state index in [1.54, 1.807) is 0 Å². The lowest BCUT2D eigenvalue weighted by molar-refractivity contribution is -0.171. The molecule has 1 aliphatic rings. The Kier molecular flexibility index (Phi) is 4.92. The summed E-state index contributed by atoms with van der Waals surface area (Å²) in [7, 11) is 0.616. The van der Waals surface area contributed by atoms with E-state index in [1.807, 2.05) is 0 Å². The zero-order valence-corrected chi connectivity index (χ0v) is 13.8. The quantitative estimate of drug-likeness (QED) is 0.512. The fourth-order valence-corrected chi connectivity index (χ4v) is 3.04.